The van der Waals surface area contributed by atoms with Crippen LogP contribution in [0.15, 0.2) is 54.6 Å². The highest BCUT2D eigenvalue weighted by atomic mass is 16.2. The quantitative estimate of drug-likeness (QED) is 0.112. The topological polar surface area (TPSA) is 239 Å². The summed E-state index contributed by atoms with van der Waals surface area (Å²) < 4.78 is 0. The van der Waals surface area contributed by atoms with E-state index in [1.165, 1.54) is 41.1 Å². The van der Waals surface area contributed by atoms with Crippen LogP contribution < -0.4 is 42.5 Å². The minimum atomic E-state index is -0.977. The van der Waals surface area contributed by atoms with E-state index in [1.807, 2.05) is 78.8 Å². The van der Waals surface area contributed by atoms with Crippen molar-refractivity contribution in [2.45, 2.75) is 129 Å². The van der Waals surface area contributed by atoms with Crippen molar-refractivity contribution < 1.29 is 38.4 Å². The molecule has 0 saturated carbocycles. The minimum absolute atomic E-state index is 0.0112. The van der Waals surface area contributed by atoms with Crippen LogP contribution in [0.3, 0.4) is 0 Å². The van der Waals surface area contributed by atoms with Gasteiger partial charge in [0, 0.05) is 49.9 Å². The first-order valence-electron chi connectivity index (χ1n) is 22.7. The first kappa shape index (κ1) is 52.7. The zero-order chi connectivity index (χ0) is 49.3. The molecule has 2 aliphatic rings. The molecule has 0 radical (unpaired) electrons. The van der Waals surface area contributed by atoms with Gasteiger partial charge >= 0.3 is 0 Å². The molecule has 2 saturated heterocycles. The average molecular weight is 917 g/mol. The molecule has 0 aromatic heterocycles. The fourth-order valence-corrected chi connectivity index (χ4v) is 8.04. The number of hydrogen-bond donors (Lipinski definition) is 8. The molecule has 3 unspecified atom stereocenters. The Balaban J connectivity index is 1.48. The summed E-state index contributed by atoms with van der Waals surface area (Å²) in [5, 5.41) is 23.0. The molecular weight excluding hydrogens is 845 g/mol. The molecule has 2 fully saturated rings. The van der Waals surface area contributed by atoms with Crippen molar-refractivity contribution in [3.63, 3.8) is 0 Å². The molecule has 2 aliphatic heterocycles. The predicted molar refractivity (Wildman–Crippen MR) is 251 cm³/mol. The zero-order valence-corrected chi connectivity index (χ0v) is 40.6. The third-order valence-corrected chi connectivity index (χ3v) is 12.5. The Kier molecular flexibility index (Phi) is 18.0. The Hall–Kier alpha value is -5.88. The second-order valence-corrected chi connectivity index (χ2v) is 19.7. The van der Waals surface area contributed by atoms with Crippen molar-refractivity contribution in [2.75, 3.05) is 40.8 Å². The highest BCUT2D eigenvalue weighted by Crippen LogP contribution is 2.29. The van der Waals surface area contributed by atoms with Gasteiger partial charge in [-0.05, 0) is 87.4 Å². The summed E-state index contributed by atoms with van der Waals surface area (Å²) in [6.45, 7) is 16.7. The molecule has 4 rings (SSSR count). The Bertz CT molecular complexity index is 2070. The van der Waals surface area contributed by atoms with Crippen molar-refractivity contribution in [2.24, 2.45) is 10.8 Å². The molecule has 18 nitrogen and oxygen atoms in total. The van der Waals surface area contributed by atoms with Gasteiger partial charge in [0.15, 0.2) is 0 Å². The van der Waals surface area contributed by atoms with Crippen LogP contribution in [0.1, 0.15) is 107 Å². The fourth-order valence-electron chi connectivity index (χ4n) is 8.04. The number of rotatable bonds is 17. The van der Waals surface area contributed by atoms with Crippen LogP contribution >= 0.6 is 0 Å². The van der Waals surface area contributed by atoms with E-state index in [0.717, 1.165) is 5.56 Å². The molecule has 2 heterocycles. The molecule has 8 N–H and O–H groups in total. The molecule has 2 aromatic rings. The summed E-state index contributed by atoms with van der Waals surface area (Å²) in [4.78, 5) is 111. The highest BCUT2D eigenvalue weighted by molar-refractivity contribution is 5.99. The van der Waals surface area contributed by atoms with Crippen LogP contribution in [0, 0.1) is 10.8 Å². The van der Waals surface area contributed by atoms with Crippen molar-refractivity contribution >= 4 is 47.3 Å². The summed E-state index contributed by atoms with van der Waals surface area (Å²) in [5.41, 5.74) is 0.0810. The average Bonchev–Trinajstić information content (AvgIpc) is 3.91. The van der Waals surface area contributed by atoms with Crippen LogP contribution in [0.2, 0.25) is 0 Å². The van der Waals surface area contributed by atoms with Crippen LogP contribution in [0.4, 0.5) is 0 Å². The van der Waals surface area contributed by atoms with E-state index < -0.39 is 88.7 Å². The molecule has 8 amide bonds. The lowest BCUT2D eigenvalue weighted by atomic mass is 9.85. The summed E-state index contributed by atoms with van der Waals surface area (Å²) in [7, 11) is 4.75. The van der Waals surface area contributed by atoms with E-state index in [0.29, 0.717) is 6.54 Å². The summed E-state index contributed by atoms with van der Waals surface area (Å²) in [6.07, 6.45) is 0.260. The van der Waals surface area contributed by atoms with E-state index in [9.17, 15) is 38.4 Å². The third kappa shape index (κ3) is 13.4. The summed E-state index contributed by atoms with van der Waals surface area (Å²) in [6, 6.07) is 9.57. The Morgan fingerprint density at radius 1 is 0.591 bits per heavy atom. The van der Waals surface area contributed by atoms with Gasteiger partial charge in [-0.15, -0.1) is 0 Å². The lowest BCUT2D eigenvalue weighted by Gasteiger charge is -2.36. The van der Waals surface area contributed by atoms with Gasteiger partial charge in [-0.25, -0.2) is 0 Å². The number of carbonyl (C=O) groups is 8. The number of likely N-dealkylation sites (N-methyl/N-ethyl adjacent to an activating group) is 3. The molecule has 0 spiro atoms. The fraction of sp³-hybridized carbons (Fsp3) is 0.583. The SMILES string of the molecule is CNC(=O)[C@@H]1C[C@H](NC(=O)c2ccc(C(=O)NC3CC(C(=O)NC[C@H](C)c4ccccc4)N(C(=O)C(NC(=O)[C@H](C)NC)C(C)(C)C)C3)cc2)CN1C(=O)[C@@H](NC(=O)[C@H](C)NC)C(C)(C)C. The van der Waals surface area contributed by atoms with Gasteiger partial charge in [-0.2, -0.15) is 0 Å². The number of hydrogen-bond acceptors (Lipinski definition) is 10. The van der Waals surface area contributed by atoms with Crippen molar-refractivity contribution in [3.8, 4) is 0 Å². The predicted octanol–water partition coefficient (Wildman–Crippen LogP) is 1.03. The maximum absolute atomic E-state index is 14.4. The molecule has 9 atom stereocenters. The highest BCUT2D eigenvalue weighted by Gasteiger charge is 2.47. The van der Waals surface area contributed by atoms with Gasteiger partial charge in [0.25, 0.3) is 11.8 Å². The van der Waals surface area contributed by atoms with Gasteiger partial charge < -0.3 is 52.3 Å². The van der Waals surface area contributed by atoms with E-state index >= 15 is 0 Å². The number of benzene rings is 2. The maximum Gasteiger partial charge on any atom is 0.251 e. The number of carbonyl (C=O) groups excluding carboxylic acids is 8. The molecule has 0 bridgehead atoms. The van der Waals surface area contributed by atoms with Crippen molar-refractivity contribution in [3.05, 3.63) is 71.3 Å². The Labute approximate surface area is 389 Å². The normalized spacial score (nSPS) is 20.8. The largest absolute Gasteiger partial charge is 0.357 e. The van der Waals surface area contributed by atoms with E-state index in [-0.39, 0.29) is 60.7 Å². The van der Waals surface area contributed by atoms with Crippen LogP contribution in [0.5, 0.6) is 0 Å². The maximum atomic E-state index is 14.4. The smallest absolute Gasteiger partial charge is 0.251 e. The van der Waals surface area contributed by atoms with Crippen LogP contribution in [-0.4, -0.2) is 146 Å². The molecule has 2 aromatic carbocycles. The lowest BCUT2D eigenvalue weighted by molar-refractivity contribution is -0.144. The van der Waals surface area contributed by atoms with Gasteiger partial charge in [-0.1, -0.05) is 78.8 Å². The molecule has 66 heavy (non-hydrogen) atoms. The Morgan fingerprint density at radius 2 is 0.985 bits per heavy atom. The lowest BCUT2D eigenvalue weighted by Crippen LogP contribution is -2.59. The number of nitrogens with one attached hydrogen (secondary N) is 8. The van der Waals surface area contributed by atoms with Crippen molar-refractivity contribution in [1.82, 2.24) is 52.3 Å². The second-order valence-electron chi connectivity index (χ2n) is 19.7. The number of likely N-dealkylation sites (tertiary alicyclic amines) is 2. The van der Waals surface area contributed by atoms with Gasteiger partial charge in [-0.3, -0.25) is 38.4 Å². The summed E-state index contributed by atoms with van der Waals surface area (Å²) in [5.74, 6) is -3.39. The van der Waals surface area contributed by atoms with Gasteiger partial charge in [0.2, 0.25) is 35.4 Å². The first-order chi connectivity index (χ1) is 30.9. The molecule has 362 valence electrons. The number of nitrogens with zero attached hydrogens (tertiary/aromatic N) is 2. The van der Waals surface area contributed by atoms with E-state index in [1.54, 1.807) is 27.9 Å². The monoisotopic (exact) mass is 917 g/mol. The molecule has 0 aliphatic carbocycles. The minimum Gasteiger partial charge on any atom is -0.357 e. The van der Waals surface area contributed by atoms with Gasteiger partial charge in [0.1, 0.15) is 24.2 Å². The van der Waals surface area contributed by atoms with Crippen molar-refractivity contribution in [1.29, 1.82) is 0 Å². The standard InChI is InChI=1S/C48H72N10O8/c1-27(30-16-14-13-15-17-30)24-52-44(64)36-23-34(26-58(36)46(66)38(48(7,8)9)56-40(60)29(3)50-11)54-42(62)32-20-18-31(19-21-32)41(61)53-33-22-35(43(63)51-12)57(25-33)45(65)37(47(4,5)6)55-39(59)28(2)49-10/h13-21,27-29,33-38,49-50H,22-26H2,1-12H3,(H,51,63)(H,52,64)(H,53,61)(H,54,62)(H,55,59)(H,56,60)/t27-,28-,29-,33-,34?,35-,36?,37+,38?/m0/s1. The molecular formula is C48H72N10O8. The third-order valence-electron chi connectivity index (χ3n) is 12.5. The molecule has 18 heteroatoms. The van der Waals surface area contributed by atoms with E-state index in [4.69, 9.17) is 0 Å². The van der Waals surface area contributed by atoms with Gasteiger partial charge in [0.05, 0.1) is 12.1 Å². The second kappa shape index (κ2) is 22.5. The number of amides is 8. The summed E-state index contributed by atoms with van der Waals surface area (Å²) >= 11 is 0. The van der Waals surface area contributed by atoms with E-state index in [2.05, 4.69) is 42.5 Å². The van der Waals surface area contributed by atoms with Crippen LogP contribution in [-0.2, 0) is 28.8 Å². The van der Waals surface area contributed by atoms with Crippen LogP contribution in [0.25, 0.3) is 0 Å². The Morgan fingerprint density at radius 3 is 1.35 bits per heavy atom. The zero-order valence-electron chi connectivity index (χ0n) is 40.6. The first-order valence-corrected chi connectivity index (χ1v) is 22.7.